The van der Waals surface area contributed by atoms with Gasteiger partial charge >= 0.3 is 0 Å². The molecule has 2 heterocycles. The zero-order chi connectivity index (χ0) is 13.0. The van der Waals surface area contributed by atoms with Crippen molar-refractivity contribution in [2.45, 2.75) is 45.8 Å². The second kappa shape index (κ2) is 3.70. The van der Waals surface area contributed by atoms with Gasteiger partial charge in [-0.15, -0.1) is 0 Å². The van der Waals surface area contributed by atoms with Crippen LogP contribution in [0.15, 0.2) is 0 Å². The Bertz CT molecular complexity index is 373. The second-order valence-electron chi connectivity index (χ2n) is 6.69. The van der Waals surface area contributed by atoms with Crippen molar-refractivity contribution in [3.05, 3.63) is 0 Å². The fraction of sp³-hybridized carbons (Fsp3) is 0.929. The molecule has 1 spiro atoms. The van der Waals surface area contributed by atoms with Gasteiger partial charge in [-0.2, -0.15) is 0 Å². The minimum absolute atomic E-state index is 0.117. The molecule has 1 aliphatic carbocycles. The number of nitrogens with one attached hydrogen (secondary N) is 1. The van der Waals surface area contributed by atoms with E-state index in [0.717, 1.165) is 25.8 Å². The van der Waals surface area contributed by atoms with Crippen molar-refractivity contribution < 1.29 is 14.3 Å². The number of hydrogen-bond donors (Lipinski definition) is 1. The molecule has 3 rings (SSSR count). The lowest BCUT2D eigenvalue weighted by atomic mass is 9.51. The van der Waals surface area contributed by atoms with Gasteiger partial charge in [0.15, 0.2) is 5.79 Å². The first-order valence-corrected chi connectivity index (χ1v) is 6.99. The molecule has 2 unspecified atom stereocenters. The molecule has 1 N–H and O–H groups in total. The van der Waals surface area contributed by atoms with E-state index in [2.05, 4.69) is 26.1 Å². The van der Waals surface area contributed by atoms with Gasteiger partial charge < -0.3 is 14.8 Å². The van der Waals surface area contributed by atoms with Crippen LogP contribution in [0, 0.1) is 16.7 Å². The largest absolute Gasteiger partial charge is 0.356 e. The summed E-state index contributed by atoms with van der Waals surface area (Å²) in [6, 6.07) is 0. The van der Waals surface area contributed by atoms with Crippen molar-refractivity contribution in [2.24, 2.45) is 16.7 Å². The SMILES string of the molecule is CC12CCC3(OCCO3)C(C)(C)C1CCNC2=O. The van der Waals surface area contributed by atoms with E-state index in [1.165, 1.54) is 0 Å². The lowest BCUT2D eigenvalue weighted by Gasteiger charge is -2.58. The summed E-state index contributed by atoms with van der Waals surface area (Å²) in [4.78, 5) is 12.2. The lowest BCUT2D eigenvalue weighted by molar-refractivity contribution is -0.282. The average molecular weight is 253 g/mol. The van der Waals surface area contributed by atoms with E-state index in [-0.39, 0.29) is 16.7 Å². The summed E-state index contributed by atoms with van der Waals surface area (Å²) in [6.07, 6.45) is 2.69. The van der Waals surface area contributed by atoms with Crippen LogP contribution >= 0.6 is 0 Å². The van der Waals surface area contributed by atoms with Gasteiger partial charge in [0.25, 0.3) is 0 Å². The van der Waals surface area contributed by atoms with E-state index in [1.54, 1.807) is 0 Å². The highest BCUT2D eigenvalue weighted by atomic mass is 16.7. The Balaban J connectivity index is 1.99. The maximum Gasteiger partial charge on any atom is 0.226 e. The molecule has 2 atom stereocenters. The number of carbonyl (C=O) groups is 1. The Hall–Kier alpha value is -0.610. The summed E-state index contributed by atoms with van der Waals surface area (Å²) in [6.45, 7) is 8.66. The van der Waals surface area contributed by atoms with Crippen molar-refractivity contribution in [1.29, 1.82) is 0 Å². The Morgan fingerprint density at radius 3 is 2.50 bits per heavy atom. The van der Waals surface area contributed by atoms with Crippen molar-refractivity contribution in [3.8, 4) is 0 Å². The van der Waals surface area contributed by atoms with E-state index >= 15 is 0 Å². The van der Waals surface area contributed by atoms with Crippen molar-refractivity contribution in [1.82, 2.24) is 5.32 Å². The Morgan fingerprint density at radius 2 is 1.83 bits per heavy atom. The minimum Gasteiger partial charge on any atom is -0.356 e. The molecule has 4 heteroatoms. The maximum atomic E-state index is 12.2. The predicted octanol–water partition coefficient (Wildman–Crippen LogP) is 1.69. The number of rotatable bonds is 0. The van der Waals surface area contributed by atoms with Gasteiger partial charge in [0, 0.05) is 18.4 Å². The van der Waals surface area contributed by atoms with Crippen molar-refractivity contribution in [2.75, 3.05) is 19.8 Å². The Labute approximate surface area is 108 Å². The number of ether oxygens (including phenoxy) is 2. The molecule has 4 nitrogen and oxygen atoms in total. The van der Waals surface area contributed by atoms with Gasteiger partial charge in [-0.3, -0.25) is 4.79 Å². The summed E-state index contributed by atoms with van der Waals surface area (Å²) in [5.74, 6) is 0.0692. The summed E-state index contributed by atoms with van der Waals surface area (Å²) in [7, 11) is 0. The zero-order valence-electron chi connectivity index (χ0n) is 11.5. The summed E-state index contributed by atoms with van der Waals surface area (Å²) in [5.41, 5.74) is -0.378. The van der Waals surface area contributed by atoms with Crippen molar-refractivity contribution >= 4 is 5.91 Å². The molecule has 0 bridgehead atoms. The normalized spacial score (nSPS) is 41.5. The molecule has 102 valence electrons. The van der Waals surface area contributed by atoms with E-state index in [1.807, 2.05) is 0 Å². The van der Waals surface area contributed by atoms with Gasteiger partial charge in [-0.1, -0.05) is 20.8 Å². The second-order valence-corrected chi connectivity index (χ2v) is 6.69. The number of amides is 1. The molecular formula is C14H23NO3. The van der Waals surface area contributed by atoms with Crippen LogP contribution in [-0.2, 0) is 14.3 Å². The van der Waals surface area contributed by atoms with Crippen LogP contribution in [0.5, 0.6) is 0 Å². The topological polar surface area (TPSA) is 47.6 Å². The average Bonchev–Trinajstić information content (AvgIpc) is 2.79. The van der Waals surface area contributed by atoms with Gasteiger partial charge in [0.2, 0.25) is 5.91 Å². The molecule has 1 amide bonds. The van der Waals surface area contributed by atoms with Crippen LogP contribution < -0.4 is 5.32 Å². The first-order chi connectivity index (χ1) is 8.42. The fourth-order valence-electron chi connectivity index (χ4n) is 4.44. The quantitative estimate of drug-likeness (QED) is 0.714. The van der Waals surface area contributed by atoms with Gasteiger partial charge in [0.05, 0.1) is 18.6 Å². The van der Waals surface area contributed by atoms with Crippen LogP contribution in [0.2, 0.25) is 0 Å². The van der Waals surface area contributed by atoms with E-state index in [9.17, 15) is 4.79 Å². The smallest absolute Gasteiger partial charge is 0.226 e. The fourth-order valence-corrected chi connectivity index (χ4v) is 4.44. The molecule has 1 saturated carbocycles. The summed E-state index contributed by atoms with van der Waals surface area (Å²) >= 11 is 0. The first-order valence-electron chi connectivity index (χ1n) is 6.99. The Kier molecular flexibility index (Phi) is 2.55. The molecule has 2 aliphatic heterocycles. The third kappa shape index (κ3) is 1.36. The van der Waals surface area contributed by atoms with Crippen LogP contribution in [0.25, 0.3) is 0 Å². The third-order valence-corrected chi connectivity index (χ3v) is 5.59. The molecule has 0 aromatic carbocycles. The summed E-state index contributed by atoms with van der Waals surface area (Å²) in [5, 5.41) is 3.02. The van der Waals surface area contributed by atoms with Gasteiger partial charge in [0.1, 0.15) is 0 Å². The molecule has 3 fully saturated rings. The Morgan fingerprint density at radius 1 is 1.17 bits per heavy atom. The van der Waals surface area contributed by atoms with Crippen LogP contribution in [0.4, 0.5) is 0 Å². The highest BCUT2D eigenvalue weighted by molar-refractivity contribution is 5.83. The van der Waals surface area contributed by atoms with Crippen LogP contribution in [0.3, 0.4) is 0 Å². The van der Waals surface area contributed by atoms with Crippen molar-refractivity contribution in [3.63, 3.8) is 0 Å². The molecule has 2 saturated heterocycles. The molecular weight excluding hydrogens is 230 g/mol. The van der Waals surface area contributed by atoms with Gasteiger partial charge in [-0.05, 0) is 18.8 Å². The maximum absolute atomic E-state index is 12.2. The monoisotopic (exact) mass is 253 g/mol. The number of piperidine rings is 1. The molecule has 3 aliphatic rings. The molecule has 0 radical (unpaired) electrons. The predicted molar refractivity (Wildman–Crippen MR) is 66.9 cm³/mol. The van der Waals surface area contributed by atoms with E-state index in [0.29, 0.717) is 19.1 Å². The number of carbonyl (C=O) groups excluding carboxylic acids is 1. The number of hydrogen-bond acceptors (Lipinski definition) is 3. The first kappa shape index (κ1) is 12.4. The standard InChI is InChI=1S/C14H23NO3/c1-12(2)10-4-7-15-11(16)13(10,3)5-6-14(12)17-8-9-18-14/h10H,4-9H2,1-3H3,(H,15,16). The van der Waals surface area contributed by atoms with Gasteiger partial charge in [-0.25, -0.2) is 0 Å². The van der Waals surface area contributed by atoms with Crippen LogP contribution in [-0.4, -0.2) is 31.5 Å². The number of fused-ring (bicyclic) bond motifs is 1. The molecule has 0 aromatic heterocycles. The molecule has 18 heavy (non-hydrogen) atoms. The zero-order valence-corrected chi connectivity index (χ0v) is 11.5. The van der Waals surface area contributed by atoms with Crippen LogP contribution in [0.1, 0.15) is 40.0 Å². The van der Waals surface area contributed by atoms with E-state index < -0.39 is 5.79 Å². The highest BCUT2D eigenvalue weighted by Gasteiger charge is 2.64. The minimum atomic E-state index is -0.463. The lowest BCUT2D eigenvalue weighted by Crippen LogP contribution is -2.64. The summed E-state index contributed by atoms with van der Waals surface area (Å²) < 4.78 is 11.9. The van der Waals surface area contributed by atoms with E-state index in [4.69, 9.17) is 9.47 Å². The molecule has 0 aromatic rings. The third-order valence-electron chi connectivity index (χ3n) is 5.59. The highest BCUT2D eigenvalue weighted by Crippen LogP contribution is 2.60.